The van der Waals surface area contributed by atoms with Crippen LogP contribution in [0.15, 0.2) is 5.38 Å². The van der Waals surface area contributed by atoms with Gasteiger partial charge in [-0.25, -0.2) is 14.4 Å². The van der Waals surface area contributed by atoms with Crippen molar-refractivity contribution < 1.29 is 28.6 Å². The zero-order valence-electron chi connectivity index (χ0n) is 17.5. The van der Waals surface area contributed by atoms with Crippen molar-refractivity contribution in [2.24, 2.45) is 0 Å². The number of anilines is 1. The fourth-order valence-corrected chi connectivity index (χ4v) is 2.92. The van der Waals surface area contributed by atoms with E-state index < -0.39 is 29.4 Å². The topological polar surface area (TPSA) is 82.1 Å². The fraction of sp³-hybridized carbons (Fsp3) is 0.632. The van der Waals surface area contributed by atoms with Gasteiger partial charge in [0.05, 0.1) is 11.8 Å². The summed E-state index contributed by atoms with van der Waals surface area (Å²) in [6, 6.07) is 0. The Hall–Kier alpha value is -2.09. The van der Waals surface area contributed by atoms with E-state index in [-0.39, 0.29) is 16.7 Å². The molecule has 1 heterocycles. The second kappa shape index (κ2) is 8.29. The second-order valence-corrected chi connectivity index (χ2v) is 9.23. The molecule has 0 aliphatic rings. The molecule has 1 aromatic heterocycles. The van der Waals surface area contributed by atoms with Crippen LogP contribution in [0.5, 0.6) is 0 Å². The van der Waals surface area contributed by atoms with Crippen molar-refractivity contribution in [3.8, 4) is 0 Å². The van der Waals surface area contributed by atoms with Crippen LogP contribution in [0.4, 0.5) is 15.3 Å². The lowest BCUT2D eigenvalue weighted by atomic mass is 10.2. The summed E-state index contributed by atoms with van der Waals surface area (Å²) < 4.78 is 16.0. The highest BCUT2D eigenvalue weighted by molar-refractivity contribution is 7.12. The molecule has 0 bridgehead atoms. The van der Waals surface area contributed by atoms with Gasteiger partial charge in [-0.15, -0.1) is 11.3 Å². The van der Waals surface area contributed by atoms with Crippen molar-refractivity contribution in [3.63, 3.8) is 0 Å². The van der Waals surface area contributed by atoms with Crippen molar-refractivity contribution in [1.82, 2.24) is 0 Å². The molecule has 0 aliphatic heterocycles. The van der Waals surface area contributed by atoms with E-state index in [1.807, 2.05) is 0 Å². The molecule has 0 N–H and O–H groups in total. The third-order valence-corrected chi connectivity index (χ3v) is 3.91. The first-order valence-electron chi connectivity index (χ1n) is 8.67. The van der Waals surface area contributed by atoms with E-state index in [0.717, 1.165) is 16.2 Å². The first-order chi connectivity index (χ1) is 12.1. The van der Waals surface area contributed by atoms with Crippen molar-refractivity contribution in [1.29, 1.82) is 0 Å². The number of amides is 2. The molecule has 2 amide bonds. The van der Waals surface area contributed by atoms with Gasteiger partial charge >= 0.3 is 18.2 Å². The normalized spacial score (nSPS) is 11.9. The Morgan fingerprint density at radius 1 is 0.963 bits per heavy atom. The van der Waals surface area contributed by atoms with E-state index in [1.54, 1.807) is 67.7 Å². The predicted octanol–water partition coefficient (Wildman–Crippen LogP) is 5.30. The highest BCUT2D eigenvalue weighted by Crippen LogP contribution is 2.34. The summed E-state index contributed by atoms with van der Waals surface area (Å²) in [5.74, 6) is -0.616. The van der Waals surface area contributed by atoms with E-state index in [1.165, 1.54) is 0 Å². The number of hydrogen-bond acceptors (Lipinski definition) is 7. The molecular weight excluding hydrogens is 370 g/mol. The molecule has 0 saturated carbocycles. The van der Waals surface area contributed by atoms with Crippen molar-refractivity contribution >= 4 is 35.2 Å². The molecule has 1 rings (SSSR count). The van der Waals surface area contributed by atoms with Crippen LogP contribution in [0.25, 0.3) is 0 Å². The van der Waals surface area contributed by atoms with Crippen LogP contribution in [0.1, 0.15) is 70.6 Å². The summed E-state index contributed by atoms with van der Waals surface area (Å²) in [7, 11) is 0. The number of aryl methyl sites for hydroxylation is 1. The molecule has 0 saturated heterocycles. The van der Waals surface area contributed by atoms with Gasteiger partial charge in [-0.05, 0) is 73.3 Å². The summed E-state index contributed by atoms with van der Waals surface area (Å²) in [4.78, 5) is 38.9. The molecule has 0 radical (unpaired) electrons. The van der Waals surface area contributed by atoms with Crippen LogP contribution in [0, 0.1) is 6.92 Å². The maximum absolute atomic E-state index is 12.8. The maximum atomic E-state index is 12.8. The van der Waals surface area contributed by atoms with Crippen LogP contribution < -0.4 is 4.90 Å². The average Bonchev–Trinajstić information content (AvgIpc) is 2.76. The lowest BCUT2D eigenvalue weighted by molar-refractivity contribution is 0.0384. The quantitative estimate of drug-likeness (QED) is 0.507. The van der Waals surface area contributed by atoms with Crippen LogP contribution in [-0.2, 0) is 14.2 Å². The van der Waals surface area contributed by atoms with E-state index in [0.29, 0.717) is 5.56 Å². The molecule has 0 aromatic carbocycles. The van der Waals surface area contributed by atoms with Crippen LogP contribution >= 0.6 is 11.3 Å². The summed E-state index contributed by atoms with van der Waals surface area (Å²) in [5, 5.41) is 1.67. The standard InChI is InChI=1S/C19H29NO6S/c1-11(2)24-15(21)14-13(12(3)10-27-14)20(16(22)25-18(4,5)6)17(23)26-19(7,8)9/h10-11H,1-9H3. The van der Waals surface area contributed by atoms with Crippen molar-refractivity contribution in [3.05, 3.63) is 15.8 Å². The zero-order chi connectivity index (χ0) is 21.2. The highest BCUT2D eigenvalue weighted by Gasteiger charge is 2.37. The van der Waals surface area contributed by atoms with Crippen LogP contribution in [-0.4, -0.2) is 35.5 Å². The van der Waals surface area contributed by atoms with E-state index >= 15 is 0 Å². The monoisotopic (exact) mass is 399 g/mol. The Morgan fingerprint density at radius 3 is 1.78 bits per heavy atom. The Bertz CT molecular complexity index is 681. The first-order valence-corrected chi connectivity index (χ1v) is 9.55. The number of carbonyl (C=O) groups excluding carboxylic acids is 3. The lowest BCUT2D eigenvalue weighted by Crippen LogP contribution is -2.44. The van der Waals surface area contributed by atoms with Gasteiger partial charge in [-0.2, -0.15) is 4.90 Å². The van der Waals surface area contributed by atoms with Gasteiger partial charge in [0.1, 0.15) is 16.1 Å². The largest absolute Gasteiger partial charge is 0.459 e. The molecule has 0 unspecified atom stereocenters. The van der Waals surface area contributed by atoms with E-state index in [2.05, 4.69) is 0 Å². The fourth-order valence-electron chi connectivity index (χ4n) is 2.00. The molecule has 7 nitrogen and oxygen atoms in total. The minimum absolute atomic E-state index is 0.120. The van der Waals surface area contributed by atoms with Gasteiger partial charge in [0.2, 0.25) is 0 Å². The van der Waals surface area contributed by atoms with Gasteiger partial charge in [0.15, 0.2) is 0 Å². The predicted molar refractivity (Wildman–Crippen MR) is 105 cm³/mol. The minimum atomic E-state index is -0.920. The number of ether oxygens (including phenoxy) is 3. The number of hydrogen-bond donors (Lipinski definition) is 0. The molecule has 0 atom stereocenters. The third-order valence-electron chi connectivity index (χ3n) is 2.85. The lowest BCUT2D eigenvalue weighted by Gasteiger charge is -2.29. The van der Waals surface area contributed by atoms with Crippen molar-refractivity contribution in [2.45, 2.75) is 79.6 Å². The number of esters is 1. The van der Waals surface area contributed by atoms with E-state index in [9.17, 15) is 14.4 Å². The number of rotatable bonds is 3. The number of imide groups is 1. The Morgan fingerprint density at radius 2 is 1.41 bits per heavy atom. The molecule has 0 spiro atoms. The average molecular weight is 400 g/mol. The molecule has 27 heavy (non-hydrogen) atoms. The smallest absolute Gasteiger partial charge is 0.424 e. The summed E-state index contributed by atoms with van der Waals surface area (Å²) >= 11 is 1.09. The van der Waals surface area contributed by atoms with Crippen LogP contribution in [0.3, 0.4) is 0 Å². The minimum Gasteiger partial charge on any atom is -0.459 e. The second-order valence-electron chi connectivity index (χ2n) is 8.35. The summed E-state index contributed by atoms with van der Waals surface area (Å²) in [6.07, 6.45) is -2.18. The Labute approximate surface area is 164 Å². The Balaban J connectivity index is 3.43. The molecule has 0 aliphatic carbocycles. The number of nitrogens with zero attached hydrogens (tertiary/aromatic N) is 1. The molecular formula is C19H29NO6S. The van der Waals surface area contributed by atoms with E-state index in [4.69, 9.17) is 14.2 Å². The third kappa shape index (κ3) is 6.86. The molecule has 1 aromatic rings. The van der Waals surface area contributed by atoms with Gasteiger partial charge in [-0.3, -0.25) is 0 Å². The zero-order valence-corrected chi connectivity index (χ0v) is 18.3. The Kier molecular flexibility index (Phi) is 7.05. The number of thiophene rings is 1. The van der Waals surface area contributed by atoms with Gasteiger partial charge < -0.3 is 14.2 Å². The summed E-state index contributed by atoms with van der Waals surface area (Å²) in [5.41, 5.74) is -0.985. The number of carbonyl (C=O) groups is 3. The van der Waals surface area contributed by atoms with Gasteiger partial charge in [0.25, 0.3) is 0 Å². The molecule has 152 valence electrons. The molecule has 0 fully saturated rings. The SMILES string of the molecule is Cc1csc(C(=O)OC(C)C)c1N(C(=O)OC(C)(C)C)C(=O)OC(C)(C)C. The highest BCUT2D eigenvalue weighted by atomic mass is 32.1. The van der Waals surface area contributed by atoms with Crippen molar-refractivity contribution in [2.75, 3.05) is 4.90 Å². The van der Waals surface area contributed by atoms with Gasteiger partial charge in [0, 0.05) is 0 Å². The first kappa shape index (κ1) is 23.0. The maximum Gasteiger partial charge on any atom is 0.424 e. The van der Waals surface area contributed by atoms with Gasteiger partial charge in [-0.1, -0.05) is 0 Å². The summed E-state index contributed by atoms with van der Waals surface area (Å²) in [6.45, 7) is 15.3. The molecule has 8 heteroatoms. The van der Waals surface area contributed by atoms with Crippen LogP contribution in [0.2, 0.25) is 0 Å².